The van der Waals surface area contributed by atoms with Crippen LogP contribution in [0.25, 0.3) is 0 Å². The van der Waals surface area contributed by atoms with Crippen LogP contribution in [0.3, 0.4) is 0 Å². The Morgan fingerprint density at radius 3 is 2.72 bits per heavy atom. The Kier molecular flexibility index (Phi) is 3.65. The first-order chi connectivity index (χ1) is 8.51. The molecule has 1 amide bonds. The number of nitrogens with one attached hydrogen (secondary N) is 1. The number of carboxylic acid groups (broad SMARTS) is 1. The molecular formula is C12H16N2O3S. The average molecular weight is 268 g/mol. The summed E-state index contributed by atoms with van der Waals surface area (Å²) < 4.78 is 0. The summed E-state index contributed by atoms with van der Waals surface area (Å²) >= 11 is 1.25. The molecule has 18 heavy (non-hydrogen) atoms. The Morgan fingerprint density at radius 2 is 2.17 bits per heavy atom. The molecule has 0 atom stereocenters. The van der Waals surface area contributed by atoms with Crippen LogP contribution in [0.4, 0.5) is 0 Å². The van der Waals surface area contributed by atoms with Gasteiger partial charge < -0.3 is 10.4 Å². The minimum Gasteiger partial charge on any atom is -0.476 e. The average Bonchev–Trinajstić information content (AvgIpc) is 2.95. The number of rotatable bonds is 4. The van der Waals surface area contributed by atoms with E-state index in [1.54, 1.807) is 0 Å². The molecule has 1 aliphatic rings. The molecule has 2 N–H and O–H groups in total. The molecule has 2 rings (SSSR count). The standard InChI is InChI=1S/C12H16N2O3S/c1-12(4-2-3-5-12)11(17)13-6-9-14-8(7-18-9)10(15)16/h7H,2-6H2,1H3,(H,13,17)(H,15,16). The van der Waals surface area contributed by atoms with Crippen molar-refractivity contribution in [2.75, 3.05) is 0 Å². The number of carboxylic acids is 1. The van der Waals surface area contributed by atoms with Crippen molar-refractivity contribution in [2.24, 2.45) is 5.41 Å². The summed E-state index contributed by atoms with van der Waals surface area (Å²) in [5.41, 5.74) is -0.219. The molecule has 0 spiro atoms. The van der Waals surface area contributed by atoms with Crippen LogP contribution in [0.15, 0.2) is 5.38 Å². The predicted molar refractivity (Wildman–Crippen MR) is 67.5 cm³/mol. The second kappa shape index (κ2) is 5.06. The highest BCUT2D eigenvalue weighted by molar-refractivity contribution is 7.09. The van der Waals surface area contributed by atoms with Gasteiger partial charge in [-0.1, -0.05) is 19.8 Å². The lowest BCUT2D eigenvalue weighted by atomic mass is 9.88. The van der Waals surface area contributed by atoms with E-state index in [2.05, 4.69) is 10.3 Å². The van der Waals surface area contributed by atoms with Gasteiger partial charge in [-0.25, -0.2) is 9.78 Å². The van der Waals surface area contributed by atoms with Crippen molar-refractivity contribution in [1.29, 1.82) is 0 Å². The fraction of sp³-hybridized carbons (Fsp3) is 0.583. The van der Waals surface area contributed by atoms with E-state index in [0.29, 0.717) is 11.6 Å². The molecule has 0 bridgehead atoms. The highest BCUT2D eigenvalue weighted by atomic mass is 32.1. The minimum absolute atomic E-state index is 0.0383. The van der Waals surface area contributed by atoms with Crippen LogP contribution < -0.4 is 5.32 Å². The molecule has 0 radical (unpaired) electrons. The molecule has 1 aromatic rings. The number of thiazole rings is 1. The molecule has 5 nitrogen and oxygen atoms in total. The van der Waals surface area contributed by atoms with Crippen molar-refractivity contribution in [3.8, 4) is 0 Å². The molecule has 0 aromatic carbocycles. The fourth-order valence-corrected chi connectivity index (χ4v) is 2.95. The van der Waals surface area contributed by atoms with Crippen LogP contribution in [-0.2, 0) is 11.3 Å². The fourth-order valence-electron chi connectivity index (χ4n) is 2.24. The Bertz CT molecular complexity index is 464. The first kappa shape index (κ1) is 13.0. The number of hydrogen-bond donors (Lipinski definition) is 2. The summed E-state index contributed by atoms with van der Waals surface area (Å²) in [6, 6.07) is 0. The van der Waals surface area contributed by atoms with Crippen LogP contribution in [-0.4, -0.2) is 22.0 Å². The van der Waals surface area contributed by atoms with Gasteiger partial charge in [0, 0.05) is 10.8 Å². The van der Waals surface area contributed by atoms with Crippen molar-refractivity contribution in [2.45, 2.75) is 39.2 Å². The van der Waals surface area contributed by atoms with E-state index in [0.717, 1.165) is 25.7 Å². The topological polar surface area (TPSA) is 79.3 Å². The molecule has 1 aromatic heterocycles. The first-order valence-electron chi connectivity index (χ1n) is 5.97. The van der Waals surface area contributed by atoms with E-state index in [1.165, 1.54) is 16.7 Å². The maximum Gasteiger partial charge on any atom is 0.355 e. The second-order valence-corrected chi connectivity index (χ2v) is 5.82. The van der Waals surface area contributed by atoms with Gasteiger partial charge in [-0.05, 0) is 12.8 Å². The molecule has 98 valence electrons. The van der Waals surface area contributed by atoms with Gasteiger partial charge in [0.25, 0.3) is 0 Å². The lowest BCUT2D eigenvalue weighted by Crippen LogP contribution is -2.36. The van der Waals surface area contributed by atoms with E-state index >= 15 is 0 Å². The Morgan fingerprint density at radius 1 is 1.50 bits per heavy atom. The Balaban J connectivity index is 1.90. The predicted octanol–water partition coefficient (Wildman–Crippen LogP) is 2.04. The van der Waals surface area contributed by atoms with Gasteiger partial charge in [0.15, 0.2) is 5.69 Å². The third-order valence-electron chi connectivity index (χ3n) is 3.43. The zero-order valence-electron chi connectivity index (χ0n) is 10.2. The van der Waals surface area contributed by atoms with Crippen molar-refractivity contribution in [3.05, 3.63) is 16.1 Å². The normalized spacial score (nSPS) is 17.6. The van der Waals surface area contributed by atoms with Crippen molar-refractivity contribution in [1.82, 2.24) is 10.3 Å². The lowest BCUT2D eigenvalue weighted by Gasteiger charge is -2.21. The van der Waals surface area contributed by atoms with Crippen LogP contribution in [0.2, 0.25) is 0 Å². The molecule has 1 heterocycles. The van der Waals surface area contributed by atoms with Gasteiger partial charge in [-0.2, -0.15) is 0 Å². The van der Waals surface area contributed by atoms with E-state index in [-0.39, 0.29) is 17.0 Å². The SMILES string of the molecule is CC1(C(=O)NCc2nc(C(=O)O)cs2)CCCC1. The zero-order chi connectivity index (χ0) is 13.2. The van der Waals surface area contributed by atoms with Crippen molar-refractivity contribution < 1.29 is 14.7 Å². The zero-order valence-corrected chi connectivity index (χ0v) is 11.0. The smallest absolute Gasteiger partial charge is 0.355 e. The van der Waals surface area contributed by atoms with Crippen LogP contribution in [0.1, 0.15) is 48.1 Å². The Hall–Kier alpha value is -1.43. The van der Waals surface area contributed by atoms with Gasteiger partial charge in [-0.3, -0.25) is 4.79 Å². The van der Waals surface area contributed by atoms with Crippen molar-refractivity contribution in [3.63, 3.8) is 0 Å². The summed E-state index contributed by atoms with van der Waals surface area (Å²) in [7, 11) is 0. The maximum atomic E-state index is 12.0. The maximum absolute atomic E-state index is 12.0. The third kappa shape index (κ3) is 2.69. The number of carbonyl (C=O) groups excluding carboxylic acids is 1. The van der Waals surface area contributed by atoms with Crippen LogP contribution in [0, 0.1) is 5.41 Å². The number of amides is 1. The number of nitrogens with zero attached hydrogens (tertiary/aromatic N) is 1. The van der Waals surface area contributed by atoms with Gasteiger partial charge >= 0.3 is 5.97 Å². The molecule has 0 unspecified atom stereocenters. The number of hydrogen-bond acceptors (Lipinski definition) is 4. The van der Waals surface area contributed by atoms with Gasteiger partial charge in [0.05, 0.1) is 6.54 Å². The van der Waals surface area contributed by atoms with Crippen LogP contribution in [0.5, 0.6) is 0 Å². The van der Waals surface area contributed by atoms with E-state index < -0.39 is 5.97 Å². The third-order valence-corrected chi connectivity index (χ3v) is 4.28. The summed E-state index contributed by atoms with van der Waals surface area (Å²) in [6.07, 6.45) is 4.06. The van der Waals surface area contributed by atoms with E-state index in [9.17, 15) is 9.59 Å². The highest BCUT2D eigenvalue weighted by Crippen LogP contribution is 2.37. The summed E-state index contributed by atoms with van der Waals surface area (Å²) in [4.78, 5) is 26.6. The monoisotopic (exact) mass is 268 g/mol. The lowest BCUT2D eigenvalue weighted by molar-refractivity contribution is -0.130. The van der Waals surface area contributed by atoms with Gasteiger partial charge in [0.1, 0.15) is 5.01 Å². The molecule has 6 heteroatoms. The second-order valence-electron chi connectivity index (χ2n) is 4.88. The van der Waals surface area contributed by atoms with E-state index in [4.69, 9.17) is 5.11 Å². The molecular weight excluding hydrogens is 252 g/mol. The first-order valence-corrected chi connectivity index (χ1v) is 6.85. The van der Waals surface area contributed by atoms with Gasteiger partial charge in [-0.15, -0.1) is 11.3 Å². The van der Waals surface area contributed by atoms with Gasteiger partial charge in [0.2, 0.25) is 5.91 Å². The summed E-state index contributed by atoms with van der Waals surface area (Å²) in [5, 5.41) is 13.7. The summed E-state index contributed by atoms with van der Waals surface area (Å²) in [6.45, 7) is 2.30. The Labute approximate surface area is 109 Å². The quantitative estimate of drug-likeness (QED) is 0.875. The molecule has 0 saturated heterocycles. The van der Waals surface area contributed by atoms with Crippen molar-refractivity contribution >= 4 is 23.2 Å². The highest BCUT2D eigenvalue weighted by Gasteiger charge is 2.35. The molecule has 1 aliphatic carbocycles. The minimum atomic E-state index is -1.04. The molecule has 1 saturated carbocycles. The summed E-state index contributed by atoms with van der Waals surface area (Å²) in [5.74, 6) is -0.987. The number of aromatic carboxylic acids is 1. The van der Waals surface area contributed by atoms with Crippen LogP contribution >= 0.6 is 11.3 Å². The molecule has 1 fully saturated rings. The van der Waals surface area contributed by atoms with E-state index in [1.807, 2.05) is 6.92 Å². The number of aromatic nitrogens is 1. The molecule has 0 aliphatic heterocycles. The largest absolute Gasteiger partial charge is 0.476 e. The number of carbonyl (C=O) groups is 2.